The molecule has 0 amide bonds. The fourth-order valence-corrected chi connectivity index (χ4v) is 1.56. The van der Waals surface area contributed by atoms with Gasteiger partial charge in [-0.2, -0.15) is 0 Å². The molecule has 0 fully saturated rings. The molecule has 1 rings (SSSR count). The van der Waals surface area contributed by atoms with Crippen molar-refractivity contribution < 1.29 is 24.5 Å². The Morgan fingerprint density at radius 2 is 2.17 bits per heavy atom. The van der Waals surface area contributed by atoms with Crippen molar-refractivity contribution in [3.63, 3.8) is 0 Å². The Morgan fingerprint density at radius 3 is 2.72 bits per heavy atom. The first-order chi connectivity index (χ1) is 8.49. The van der Waals surface area contributed by atoms with Gasteiger partial charge in [-0.1, -0.05) is 11.6 Å². The van der Waals surface area contributed by atoms with E-state index < -0.39 is 18.2 Å². The van der Waals surface area contributed by atoms with Gasteiger partial charge in [-0.25, -0.2) is 4.98 Å². The number of aliphatic hydroxyl groups excluding tert-OH is 2. The Bertz CT molecular complexity index is 426. The number of carbonyl (C=O) groups is 1. The molecule has 1 aromatic heterocycles. The molecule has 0 radical (unpaired) electrons. The molecule has 1 heterocycles. The Hall–Kier alpha value is -1.37. The average Bonchev–Trinajstić information content (AvgIpc) is 2.37. The lowest BCUT2D eigenvalue weighted by molar-refractivity contribution is -0.144. The third-order valence-electron chi connectivity index (χ3n) is 2.33. The second-order valence-corrected chi connectivity index (χ2v) is 3.98. The number of halogens is 1. The van der Waals surface area contributed by atoms with Gasteiger partial charge in [-0.05, 0) is 6.07 Å². The Kier molecular flexibility index (Phi) is 5.33. The molecule has 2 unspecified atom stereocenters. The monoisotopic (exact) mass is 275 g/mol. The highest BCUT2D eigenvalue weighted by molar-refractivity contribution is 6.30. The summed E-state index contributed by atoms with van der Waals surface area (Å²) >= 11 is 5.75. The fraction of sp³-hybridized carbons (Fsp3) is 0.455. The minimum absolute atomic E-state index is 0.135. The molecule has 2 N–H and O–H groups in total. The van der Waals surface area contributed by atoms with Crippen molar-refractivity contribution in [1.29, 1.82) is 0 Å². The lowest BCUT2D eigenvalue weighted by atomic mass is 10.0. The van der Waals surface area contributed by atoms with Crippen LogP contribution in [0.3, 0.4) is 0 Å². The zero-order valence-corrected chi connectivity index (χ0v) is 10.7. The Labute approximate surface area is 109 Å². The van der Waals surface area contributed by atoms with Crippen LogP contribution >= 0.6 is 11.6 Å². The predicted octanol–water partition coefficient (Wildman–Crippen LogP) is 0.701. The van der Waals surface area contributed by atoms with Gasteiger partial charge in [0.15, 0.2) is 0 Å². The molecular weight excluding hydrogens is 262 g/mol. The van der Waals surface area contributed by atoms with Crippen molar-refractivity contribution in [2.24, 2.45) is 0 Å². The van der Waals surface area contributed by atoms with Crippen LogP contribution in [-0.2, 0) is 9.53 Å². The van der Waals surface area contributed by atoms with Gasteiger partial charge in [-0.15, -0.1) is 0 Å². The smallest absolute Gasteiger partial charge is 0.308 e. The van der Waals surface area contributed by atoms with Crippen LogP contribution in [0.1, 0.15) is 18.1 Å². The highest BCUT2D eigenvalue weighted by Gasteiger charge is 2.25. The predicted molar refractivity (Wildman–Crippen MR) is 63.4 cm³/mol. The number of methoxy groups -OCH3 is 2. The standard InChI is InChI=1S/C11H14ClNO5/c1-17-9(15)4-8(14)10(16)7-3-6(12)5-13-11(7)18-2/h3,5,8,10,14,16H,4H2,1-2H3. The van der Waals surface area contributed by atoms with Gasteiger partial charge < -0.3 is 19.7 Å². The van der Waals surface area contributed by atoms with E-state index in [4.69, 9.17) is 16.3 Å². The largest absolute Gasteiger partial charge is 0.481 e. The van der Waals surface area contributed by atoms with E-state index in [1.165, 1.54) is 26.5 Å². The topological polar surface area (TPSA) is 88.9 Å². The molecule has 6 nitrogen and oxygen atoms in total. The van der Waals surface area contributed by atoms with Crippen molar-refractivity contribution in [2.45, 2.75) is 18.6 Å². The molecular formula is C11H14ClNO5. The van der Waals surface area contributed by atoms with Gasteiger partial charge in [-0.3, -0.25) is 4.79 Å². The molecule has 7 heteroatoms. The lowest BCUT2D eigenvalue weighted by Crippen LogP contribution is -2.23. The summed E-state index contributed by atoms with van der Waals surface area (Å²) in [6.07, 6.45) is -1.66. The van der Waals surface area contributed by atoms with E-state index in [1.807, 2.05) is 0 Å². The van der Waals surface area contributed by atoms with Crippen LogP contribution in [0.15, 0.2) is 12.3 Å². The molecule has 0 bridgehead atoms. The first-order valence-corrected chi connectivity index (χ1v) is 5.49. The van der Waals surface area contributed by atoms with E-state index >= 15 is 0 Å². The molecule has 0 aliphatic carbocycles. The normalized spacial score (nSPS) is 13.8. The number of esters is 1. The second kappa shape index (κ2) is 6.53. The van der Waals surface area contributed by atoms with Crippen LogP contribution in [0.25, 0.3) is 0 Å². The SMILES string of the molecule is COC(=O)CC(O)C(O)c1cc(Cl)cnc1OC. The molecule has 0 saturated carbocycles. The summed E-state index contributed by atoms with van der Waals surface area (Å²) in [4.78, 5) is 14.9. The number of carbonyl (C=O) groups excluding carboxylic acids is 1. The summed E-state index contributed by atoms with van der Waals surface area (Å²) in [6, 6.07) is 1.42. The summed E-state index contributed by atoms with van der Waals surface area (Å²) in [5.41, 5.74) is 0.210. The summed E-state index contributed by atoms with van der Waals surface area (Å²) in [5.74, 6) is -0.494. The lowest BCUT2D eigenvalue weighted by Gasteiger charge is -2.18. The summed E-state index contributed by atoms with van der Waals surface area (Å²) < 4.78 is 9.35. The number of nitrogens with zero attached hydrogens (tertiary/aromatic N) is 1. The molecule has 18 heavy (non-hydrogen) atoms. The maximum atomic E-state index is 11.0. The minimum Gasteiger partial charge on any atom is -0.481 e. The van der Waals surface area contributed by atoms with Gasteiger partial charge in [0, 0.05) is 11.8 Å². The van der Waals surface area contributed by atoms with Gasteiger partial charge in [0.2, 0.25) is 5.88 Å². The van der Waals surface area contributed by atoms with Crippen molar-refractivity contribution >= 4 is 17.6 Å². The first kappa shape index (κ1) is 14.7. The van der Waals surface area contributed by atoms with Crippen molar-refractivity contribution in [1.82, 2.24) is 4.98 Å². The zero-order chi connectivity index (χ0) is 13.7. The Morgan fingerprint density at radius 1 is 1.50 bits per heavy atom. The van der Waals surface area contributed by atoms with Gasteiger partial charge in [0.1, 0.15) is 6.10 Å². The number of hydrogen-bond donors (Lipinski definition) is 2. The number of aliphatic hydroxyl groups is 2. The minimum atomic E-state index is -1.34. The first-order valence-electron chi connectivity index (χ1n) is 5.12. The fourth-order valence-electron chi connectivity index (χ4n) is 1.40. The number of rotatable bonds is 5. The van der Waals surface area contributed by atoms with Crippen LogP contribution in [0.5, 0.6) is 5.88 Å². The third-order valence-corrected chi connectivity index (χ3v) is 2.53. The molecule has 2 atom stereocenters. The van der Waals surface area contributed by atoms with Crippen LogP contribution in [0.2, 0.25) is 5.02 Å². The molecule has 0 aliphatic rings. The number of ether oxygens (including phenoxy) is 2. The molecule has 0 saturated heterocycles. The van der Waals surface area contributed by atoms with E-state index in [0.717, 1.165) is 0 Å². The van der Waals surface area contributed by atoms with Crippen molar-refractivity contribution in [2.75, 3.05) is 14.2 Å². The molecule has 0 aliphatic heterocycles. The highest BCUT2D eigenvalue weighted by atomic mass is 35.5. The van der Waals surface area contributed by atoms with E-state index in [-0.39, 0.29) is 22.9 Å². The zero-order valence-electron chi connectivity index (χ0n) is 9.96. The maximum Gasteiger partial charge on any atom is 0.308 e. The summed E-state index contributed by atoms with van der Waals surface area (Å²) in [5, 5.41) is 19.9. The van der Waals surface area contributed by atoms with Crippen LogP contribution in [0, 0.1) is 0 Å². The van der Waals surface area contributed by atoms with Crippen molar-refractivity contribution in [3.05, 3.63) is 22.8 Å². The van der Waals surface area contributed by atoms with Gasteiger partial charge >= 0.3 is 5.97 Å². The Balaban J connectivity index is 2.91. The number of pyridine rings is 1. The van der Waals surface area contributed by atoms with Crippen molar-refractivity contribution in [3.8, 4) is 5.88 Å². The molecule has 100 valence electrons. The maximum absolute atomic E-state index is 11.0. The highest BCUT2D eigenvalue weighted by Crippen LogP contribution is 2.28. The molecule has 1 aromatic rings. The van der Waals surface area contributed by atoms with Gasteiger partial charge in [0.25, 0.3) is 0 Å². The average molecular weight is 276 g/mol. The van der Waals surface area contributed by atoms with E-state index in [1.54, 1.807) is 0 Å². The number of aromatic nitrogens is 1. The van der Waals surface area contributed by atoms with Gasteiger partial charge in [0.05, 0.1) is 31.8 Å². The quantitative estimate of drug-likeness (QED) is 0.769. The molecule has 0 aromatic carbocycles. The van der Waals surface area contributed by atoms with E-state index in [2.05, 4.69) is 9.72 Å². The van der Waals surface area contributed by atoms with Crippen LogP contribution in [-0.4, -0.2) is 41.5 Å². The van der Waals surface area contributed by atoms with E-state index in [0.29, 0.717) is 0 Å². The van der Waals surface area contributed by atoms with Crippen LogP contribution in [0.4, 0.5) is 0 Å². The summed E-state index contributed by atoms with van der Waals surface area (Å²) in [6.45, 7) is 0. The number of hydrogen-bond acceptors (Lipinski definition) is 6. The summed E-state index contributed by atoms with van der Waals surface area (Å²) in [7, 11) is 2.57. The van der Waals surface area contributed by atoms with Crippen LogP contribution < -0.4 is 4.74 Å². The third kappa shape index (κ3) is 3.56. The van der Waals surface area contributed by atoms with E-state index in [9.17, 15) is 15.0 Å². The second-order valence-electron chi connectivity index (χ2n) is 3.54. The molecule has 0 spiro atoms.